The lowest BCUT2D eigenvalue weighted by Crippen LogP contribution is -2.30. The minimum atomic E-state index is -4.31. The molecule has 0 aromatic heterocycles. The third kappa shape index (κ3) is 4.28. The van der Waals surface area contributed by atoms with Crippen molar-refractivity contribution in [2.75, 3.05) is 13.1 Å². The zero-order chi connectivity index (χ0) is 18.0. The number of rotatable bonds is 4. The van der Waals surface area contributed by atoms with Crippen LogP contribution >= 0.6 is 0 Å². The van der Waals surface area contributed by atoms with Gasteiger partial charge >= 0.3 is 6.18 Å². The van der Waals surface area contributed by atoms with Crippen molar-refractivity contribution >= 4 is 12.0 Å². The summed E-state index contributed by atoms with van der Waals surface area (Å²) in [6, 6.07) is 5.12. The van der Waals surface area contributed by atoms with Crippen molar-refractivity contribution in [2.24, 2.45) is 11.3 Å². The summed E-state index contributed by atoms with van der Waals surface area (Å²) in [5.41, 5.74) is -0.0693. The van der Waals surface area contributed by atoms with Gasteiger partial charge in [-0.25, -0.2) is 0 Å². The largest absolute Gasteiger partial charge is 0.416 e. The van der Waals surface area contributed by atoms with Gasteiger partial charge in [0.1, 0.15) is 0 Å². The fraction of sp³-hybridized carbons (Fsp3) is 0.421. The molecular weight excluding hydrogens is 315 g/mol. The molecule has 2 nitrogen and oxygen atoms in total. The van der Waals surface area contributed by atoms with E-state index in [1.807, 2.05) is 12.2 Å². The van der Waals surface area contributed by atoms with Gasteiger partial charge in [0, 0.05) is 13.1 Å². The predicted molar refractivity (Wildman–Crippen MR) is 89.1 cm³/mol. The van der Waals surface area contributed by atoms with Gasteiger partial charge < -0.3 is 4.90 Å². The van der Waals surface area contributed by atoms with Crippen LogP contribution < -0.4 is 0 Å². The molecule has 1 saturated heterocycles. The van der Waals surface area contributed by atoms with Crippen LogP contribution in [0.15, 0.2) is 43.0 Å². The number of hydrogen-bond acceptors (Lipinski definition) is 1. The molecule has 0 aliphatic carbocycles. The predicted octanol–water partition coefficient (Wildman–Crippen LogP) is 4.78. The maximum Gasteiger partial charge on any atom is 0.416 e. The van der Waals surface area contributed by atoms with Gasteiger partial charge in [-0.1, -0.05) is 44.7 Å². The molecular formula is C19H22F3NO. The van der Waals surface area contributed by atoms with E-state index in [1.165, 1.54) is 18.2 Å². The number of carbonyl (C=O) groups excluding carboxylic acids is 1. The van der Waals surface area contributed by atoms with Crippen LogP contribution in [0.3, 0.4) is 0 Å². The van der Waals surface area contributed by atoms with Gasteiger partial charge in [-0.15, -0.1) is 0 Å². The van der Waals surface area contributed by atoms with Crippen LogP contribution in [-0.2, 0) is 11.0 Å². The molecule has 1 atom stereocenters. The Morgan fingerprint density at radius 3 is 2.42 bits per heavy atom. The van der Waals surface area contributed by atoms with E-state index in [-0.39, 0.29) is 11.3 Å². The van der Waals surface area contributed by atoms with E-state index in [1.54, 1.807) is 4.90 Å². The molecule has 1 unspecified atom stereocenters. The minimum absolute atomic E-state index is 0.0555. The van der Waals surface area contributed by atoms with E-state index >= 15 is 0 Å². The number of allylic oxidation sites excluding steroid dienone is 1. The molecule has 24 heavy (non-hydrogen) atoms. The number of alkyl halides is 3. The van der Waals surface area contributed by atoms with Crippen LogP contribution in [0.5, 0.6) is 0 Å². The summed E-state index contributed by atoms with van der Waals surface area (Å²) in [7, 11) is 0. The number of benzene rings is 1. The van der Waals surface area contributed by atoms with Crippen molar-refractivity contribution in [2.45, 2.75) is 26.4 Å². The Morgan fingerprint density at radius 2 is 1.88 bits per heavy atom. The van der Waals surface area contributed by atoms with Crippen molar-refractivity contribution in [1.82, 2.24) is 4.90 Å². The summed E-state index contributed by atoms with van der Waals surface area (Å²) >= 11 is 0. The van der Waals surface area contributed by atoms with E-state index in [9.17, 15) is 18.0 Å². The average molecular weight is 337 g/mol. The van der Waals surface area contributed by atoms with Crippen LogP contribution in [0.4, 0.5) is 13.2 Å². The van der Waals surface area contributed by atoms with Gasteiger partial charge in [-0.05, 0) is 41.5 Å². The van der Waals surface area contributed by atoms with Crippen molar-refractivity contribution in [1.29, 1.82) is 0 Å². The molecule has 0 radical (unpaired) electrons. The van der Waals surface area contributed by atoms with Gasteiger partial charge in [0.25, 0.3) is 0 Å². The van der Waals surface area contributed by atoms with Crippen LogP contribution in [0.25, 0.3) is 6.08 Å². The van der Waals surface area contributed by atoms with Crippen LogP contribution in [0, 0.1) is 11.3 Å². The highest BCUT2D eigenvalue weighted by atomic mass is 19.4. The SMILES string of the molecule is C=CC(=O)N1CCC(C(C)(C)/C=C/c2ccc(C(F)(F)F)cc2)C1. The van der Waals surface area contributed by atoms with E-state index in [2.05, 4.69) is 20.4 Å². The Hall–Kier alpha value is -2.04. The van der Waals surface area contributed by atoms with Crippen LogP contribution in [-0.4, -0.2) is 23.9 Å². The monoisotopic (exact) mass is 337 g/mol. The van der Waals surface area contributed by atoms with Crippen molar-refractivity contribution in [3.05, 3.63) is 54.1 Å². The Kier molecular flexibility index (Phi) is 5.21. The van der Waals surface area contributed by atoms with Crippen LogP contribution in [0.2, 0.25) is 0 Å². The molecule has 1 aromatic carbocycles. The molecule has 1 heterocycles. The zero-order valence-electron chi connectivity index (χ0n) is 13.9. The standard InChI is InChI=1S/C19H22F3NO/c1-4-17(24)23-12-10-16(13-23)18(2,3)11-9-14-5-7-15(8-6-14)19(20,21)22/h4-9,11,16H,1,10,12-13H2,2-3H3/b11-9+. The fourth-order valence-corrected chi connectivity index (χ4v) is 2.93. The molecule has 1 aromatic rings. The Labute approximate surface area is 140 Å². The maximum atomic E-state index is 12.6. The second kappa shape index (κ2) is 6.83. The first-order chi connectivity index (χ1) is 11.1. The minimum Gasteiger partial charge on any atom is -0.339 e. The molecule has 2 rings (SSSR count). The molecule has 0 saturated carbocycles. The first kappa shape index (κ1) is 18.3. The summed E-state index contributed by atoms with van der Waals surface area (Å²) in [6.45, 7) is 9.07. The van der Waals surface area contributed by atoms with Crippen molar-refractivity contribution in [3.63, 3.8) is 0 Å². The molecule has 5 heteroatoms. The Bertz CT molecular complexity index is 629. The first-order valence-corrected chi connectivity index (χ1v) is 7.91. The Balaban J connectivity index is 2.05. The van der Waals surface area contributed by atoms with Crippen molar-refractivity contribution in [3.8, 4) is 0 Å². The van der Waals surface area contributed by atoms with Gasteiger partial charge in [-0.3, -0.25) is 4.79 Å². The molecule has 0 bridgehead atoms. The second-order valence-electron chi connectivity index (χ2n) is 6.75. The topological polar surface area (TPSA) is 20.3 Å². The molecule has 1 aliphatic heterocycles. The average Bonchev–Trinajstić information content (AvgIpc) is 3.03. The maximum absolute atomic E-state index is 12.6. The lowest BCUT2D eigenvalue weighted by Gasteiger charge is -2.28. The quantitative estimate of drug-likeness (QED) is 0.724. The molecule has 130 valence electrons. The molecule has 0 spiro atoms. The van der Waals surface area contributed by atoms with Gasteiger partial charge in [0.05, 0.1) is 5.56 Å². The highest BCUT2D eigenvalue weighted by Gasteiger charge is 2.34. The molecule has 0 N–H and O–H groups in total. The molecule has 1 fully saturated rings. The second-order valence-corrected chi connectivity index (χ2v) is 6.75. The third-order valence-corrected chi connectivity index (χ3v) is 4.67. The highest BCUT2D eigenvalue weighted by Crippen LogP contribution is 2.36. The summed E-state index contributed by atoms with van der Waals surface area (Å²) < 4.78 is 37.7. The van der Waals surface area contributed by atoms with E-state index in [0.29, 0.717) is 19.0 Å². The number of carbonyl (C=O) groups is 1. The number of hydrogen-bond donors (Lipinski definition) is 0. The zero-order valence-corrected chi connectivity index (χ0v) is 13.9. The van der Waals surface area contributed by atoms with Gasteiger partial charge in [0.2, 0.25) is 5.91 Å². The lowest BCUT2D eigenvalue weighted by molar-refractivity contribution is -0.137. The lowest BCUT2D eigenvalue weighted by atomic mass is 9.78. The molecule has 1 aliphatic rings. The summed E-state index contributed by atoms with van der Waals surface area (Å²) in [6.07, 6.45) is 1.78. The molecule has 1 amide bonds. The fourth-order valence-electron chi connectivity index (χ4n) is 2.93. The van der Waals surface area contributed by atoms with E-state index < -0.39 is 11.7 Å². The third-order valence-electron chi connectivity index (χ3n) is 4.67. The number of likely N-dealkylation sites (tertiary alicyclic amines) is 1. The van der Waals surface area contributed by atoms with E-state index in [0.717, 1.165) is 24.1 Å². The smallest absolute Gasteiger partial charge is 0.339 e. The number of amides is 1. The van der Waals surface area contributed by atoms with Gasteiger partial charge in [0.15, 0.2) is 0 Å². The van der Waals surface area contributed by atoms with E-state index in [4.69, 9.17) is 0 Å². The van der Waals surface area contributed by atoms with Crippen molar-refractivity contribution < 1.29 is 18.0 Å². The highest BCUT2D eigenvalue weighted by molar-refractivity contribution is 5.87. The van der Waals surface area contributed by atoms with Gasteiger partial charge in [-0.2, -0.15) is 13.2 Å². The summed E-state index contributed by atoms with van der Waals surface area (Å²) in [4.78, 5) is 13.5. The number of nitrogens with zero attached hydrogens (tertiary/aromatic N) is 1. The Morgan fingerprint density at radius 1 is 1.25 bits per heavy atom. The summed E-state index contributed by atoms with van der Waals surface area (Å²) in [5, 5.41) is 0. The normalized spacial score (nSPS) is 19.0. The first-order valence-electron chi connectivity index (χ1n) is 7.91. The number of halogens is 3. The summed E-state index contributed by atoms with van der Waals surface area (Å²) in [5.74, 6) is 0.257. The van der Waals surface area contributed by atoms with Crippen LogP contribution in [0.1, 0.15) is 31.4 Å².